The van der Waals surface area contributed by atoms with E-state index in [-0.39, 0.29) is 18.1 Å². The molecule has 1 heterocycles. The zero-order valence-electron chi connectivity index (χ0n) is 13.2. The third kappa shape index (κ3) is 4.74. The minimum absolute atomic E-state index is 0.0651. The lowest BCUT2D eigenvalue weighted by molar-refractivity contribution is -0.121. The molecule has 21 heavy (non-hydrogen) atoms. The Morgan fingerprint density at radius 1 is 1.43 bits per heavy atom. The van der Waals surface area contributed by atoms with E-state index in [1.165, 1.54) is 0 Å². The summed E-state index contributed by atoms with van der Waals surface area (Å²) in [6, 6.07) is 7.99. The molecule has 4 heteroatoms. The van der Waals surface area contributed by atoms with Crippen molar-refractivity contribution in [2.75, 3.05) is 13.1 Å². The summed E-state index contributed by atoms with van der Waals surface area (Å²) in [5, 5.41) is 6.47. The Balaban J connectivity index is 1.96. The Labute approximate surface area is 127 Å². The van der Waals surface area contributed by atoms with Crippen molar-refractivity contribution in [1.29, 1.82) is 0 Å². The maximum atomic E-state index is 12.3. The first-order chi connectivity index (χ1) is 10.1. The van der Waals surface area contributed by atoms with Crippen molar-refractivity contribution in [3.63, 3.8) is 0 Å². The maximum absolute atomic E-state index is 12.3. The van der Waals surface area contributed by atoms with E-state index in [2.05, 4.69) is 17.6 Å². The van der Waals surface area contributed by atoms with E-state index in [1.807, 2.05) is 38.1 Å². The molecule has 2 unspecified atom stereocenters. The number of amides is 1. The molecule has 1 saturated heterocycles. The van der Waals surface area contributed by atoms with Crippen LogP contribution < -0.4 is 15.4 Å². The first kappa shape index (κ1) is 15.8. The van der Waals surface area contributed by atoms with E-state index in [4.69, 9.17) is 4.74 Å². The van der Waals surface area contributed by atoms with Crippen molar-refractivity contribution < 1.29 is 9.53 Å². The number of hydrogen-bond donors (Lipinski definition) is 2. The molecule has 4 nitrogen and oxygen atoms in total. The average Bonchev–Trinajstić information content (AvgIpc) is 2.43. The first-order valence-electron chi connectivity index (χ1n) is 7.81. The topological polar surface area (TPSA) is 50.4 Å². The van der Waals surface area contributed by atoms with Gasteiger partial charge in [0.25, 0.3) is 0 Å². The monoisotopic (exact) mass is 290 g/mol. The fourth-order valence-corrected chi connectivity index (χ4v) is 2.63. The van der Waals surface area contributed by atoms with Crippen LogP contribution in [0.2, 0.25) is 0 Å². The molecule has 1 aliphatic heterocycles. The summed E-state index contributed by atoms with van der Waals surface area (Å²) < 4.78 is 5.76. The molecule has 0 spiro atoms. The highest BCUT2D eigenvalue weighted by atomic mass is 16.5. The SMILES string of the molecule is CC(C)Oc1ccccc1CC(=O)NC1CNCCC1C. The van der Waals surface area contributed by atoms with Crippen LogP contribution >= 0.6 is 0 Å². The Kier molecular flexibility index (Phi) is 5.62. The van der Waals surface area contributed by atoms with Gasteiger partial charge in [-0.1, -0.05) is 25.1 Å². The van der Waals surface area contributed by atoms with E-state index in [1.54, 1.807) is 0 Å². The smallest absolute Gasteiger partial charge is 0.224 e. The summed E-state index contributed by atoms with van der Waals surface area (Å²) in [6.07, 6.45) is 1.58. The molecular weight excluding hydrogens is 264 g/mol. The van der Waals surface area contributed by atoms with Gasteiger partial charge in [-0.05, 0) is 38.8 Å². The van der Waals surface area contributed by atoms with E-state index in [0.717, 1.165) is 30.8 Å². The van der Waals surface area contributed by atoms with Crippen molar-refractivity contribution in [2.45, 2.75) is 45.8 Å². The maximum Gasteiger partial charge on any atom is 0.224 e. The van der Waals surface area contributed by atoms with Crippen molar-refractivity contribution in [3.8, 4) is 5.75 Å². The van der Waals surface area contributed by atoms with Crippen molar-refractivity contribution in [2.24, 2.45) is 5.92 Å². The van der Waals surface area contributed by atoms with Gasteiger partial charge in [0.15, 0.2) is 0 Å². The van der Waals surface area contributed by atoms with Crippen molar-refractivity contribution >= 4 is 5.91 Å². The Hall–Kier alpha value is -1.55. The van der Waals surface area contributed by atoms with Crippen LogP contribution in [0.3, 0.4) is 0 Å². The normalized spacial score (nSPS) is 22.1. The van der Waals surface area contributed by atoms with Crippen LogP contribution in [0.5, 0.6) is 5.75 Å². The highest BCUT2D eigenvalue weighted by Gasteiger charge is 2.22. The van der Waals surface area contributed by atoms with Gasteiger partial charge < -0.3 is 15.4 Å². The van der Waals surface area contributed by atoms with E-state index in [9.17, 15) is 4.79 Å². The lowest BCUT2D eigenvalue weighted by Gasteiger charge is -2.30. The van der Waals surface area contributed by atoms with Gasteiger partial charge in [-0.2, -0.15) is 0 Å². The van der Waals surface area contributed by atoms with E-state index < -0.39 is 0 Å². The van der Waals surface area contributed by atoms with Gasteiger partial charge in [0.1, 0.15) is 5.75 Å². The fraction of sp³-hybridized carbons (Fsp3) is 0.588. The number of para-hydroxylation sites is 1. The number of carbonyl (C=O) groups is 1. The standard InChI is InChI=1S/C17H26N2O2/c1-12(2)21-16-7-5-4-6-14(16)10-17(20)19-15-11-18-9-8-13(15)3/h4-7,12-13,15,18H,8-11H2,1-3H3,(H,19,20). The van der Waals surface area contributed by atoms with Crippen LogP contribution in [0.1, 0.15) is 32.8 Å². The number of carbonyl (C=O) groups excluding carboxylic acids is 1. The summed E-state index contributed by atoms with van der Waals surface area (Å²) in [5.74, 6) is 1.39. The lowest BCUT2D eigenvalue weighted by atomic mass is 9.94. The van der Waals surface area contributed by atoms with E-state index in [0.29, 0.717) is 12.3 Å². The molecule has 1 fully saturated rings. The molecule has 0 saturated carbocycles. The minimum Gasteiger partial charge on any atom is -0.491 e. The molecule has 0 aliphatic carbocycles. The van der Waals surface area contributed by atoms with Crippen LogP contribution in [0, 0.1) is 5.92 Å². The molecule has 1 aromatic rings. The fourth-order valence-electron chi connectivity index (χ4n) is 2.63. The Bertz CT molecular complexity index is 474. The summed E-state index contributed by atoms with van der Waals surface area (Å²) in [7, 11) is 0. The zero-order valence-corrected chi connectivity index (χ0v) is 13.2. The molecule has 2 rings (SSSR count). The van der Waals surface area contributed by atoms with Gasteiger partial charge in [0.05, 0.1) is 12.5 Å². The average molecular weight is 290 g/mol. The second-order valence-corrected chi connectivity index (χ2v) is 6.10. The quantitative estimate of drug-likeness (QED) is 0.873. The first-order valence-corrected chi connectivity index (χ1v) is 7.81. The predicted octanol–water partition coefficient (Wildman–Crippen LogP) is 2.13. The summed E-state index contributed by atoms with van der Waals surface area (Å²) in [4.78, 5) is 12.3. The Morgan fingerprint density at radius 2 is 2.19 bits per heavy atom. The number of rotatable bonds is 5. The van der Waals surface area contributed by atoms with Gasteiger partial charge in [0.2, 0.25) is 5.91 Å². The van der Waals surface area contributed by atoms with E-state index >= 15 is 0 Å². The number of hydrogen-bond acceptors (Lipinski definition) is 3. The van der Waals surface area contributed by atoms with Crippen molar-refractivity contribution in [3.05, 3.63) is 29.8 Å². The lowest BCUT2D eigenvalue weighted by Crippen LogP contribution is -2.50. The molecule has 1 amide bonds. The summed E-state index contributed by atoms with van der Waals surface area (Å²) >= 11 is 0. The molecule has 0 aromatic heterocycles. The molecule has 2 N–H and O–H groups in total. The van der Waals surface area contributed by atoms with Gasteiger partial charge in [-0.15, -0.1) is 0 Å². The molecule has 0 radical (unpaired) electrons. The van der Waals surface area contributed by atoms with Crippen LogP contribution in [0.15, 0.2) is 24.3 Å². The van der Waals surface area contributed by atoms with Gasteiger partial charge in [-0.3, -0.25) is 4.79 Å². The molecule has 1 aliphatic rings. The van der Waals surface area contributed by atoms with Gasteiger partial charge in [0, 0.05) is 18.2 Å². The van der Waals surface area contributed by atoms with Crippen LogP contribution in [0.4, 0.5) is 0 Å². The molecule has 1 aromatic carbocycles. The number of piperidine rings is 1. The number of nitrogens with one attached hydrogen (secondary N) is 2. The molecular formula is C17H26N2O2. The number of ether oxygens (including phenoxy) is 1. The van der Waals surface area contributed by atoms with Gasteiger partial charge in [-0.25, -0.2) is 0 Å². The molecule has 2 atom stereocenters. The summed E-state index contributed by atoms with van der Waals surface area (Å²) in [6.45, 7) is 8.08. The largest absolute Gasteiger partial charge is 0.491 e. The summed E-state index contributed by atoms with van der Waals surface area (Å²) in [5.41, 5.74) is 0.945. The highest BCUT2D eigenvalue weighted by Crippen LogP contribution is 2.20. The van der Waals surface area contributed by atoms with Crippen LogP contribution in [-0.2, 0) is 11.2 Å². The van der Waals surface area contributed by atoms with Crippen molar-refractivity contribution in [1.82, 2.24) is 10.6 Å². The predicted molar refractivity (Wildman–Crippen MR) is 84.5 cm³/mol. The zero-order chi connectivity index (χ0) is 15.2. The Morgan fingerprint density at radius 3 is 2.90 bits per heavy atom. The number of benzene rings is 1. The van der Waals surface area contributed by atoms with Gasteiger partial charge >= 0.3 is 0 Å². The molecule has 0 bridgehead atoms. The second-order valence-electron chi connectivity index (χ2n) is 6.10. The third-order valence-electron chi connectivity index (χ3n) is 3.86. The minimum atomic E-state index is 0.0651. The third-order valence-corrected chi connectivity index (χ3v) is 3.86. The highest BCUT2D eigenvalue weighted by molar-refractivity contribution is 5.79. The second kappa shape index (κ2) is 7.46. The molecule has 116 valence electrons. The van der Waals surface area contributed by atoms with Crippen LogP contribution in [-0.4, -0.2) is 31.1 Å². The van der Waals surface area contributed by atoms with Crippen LogP contribution in [0.25, 0.3) is 0 Å².